The van der Waals surface area contributed by atoms with Crippen molar-refractivity contribution in [1.82, 2.24) is 15.3 Å². The van der Waals surface area contributed by atoms with Crippen molar-refractivity contribution in [3.63, 3.8) is 0 Å². The molecule has 0 unspecified atom stereocenters. The van der Waals surface area contributed by atoms with E-state index in [1.807, 2.05) is 6.07 Å². The van der Waals surface area contributed by atoms with E-state index in [9.17, 15) is 8.42 Å². The molecule has 0 amide bonds. The maximum absolute atomic E-state index is 12.0. The zero-order chi connectivity index (χ0) is 17.4. The number of piperazine rings is 1. The maximum Gasteiger partial charge on any atom is 0.227 e. The number of hydrogen-bond donors (Lipinski definition) is 2. The molecule has 2 atom stereocenters. The van der Waals surface area contributed by atoms with Gasteiger partial charge in [-0.05, 0) is 31.4 Å². The standard InChI is InChI=1S/C16H26N6O2S/c17-9-12-2-6-21(7-3-12)16-19-4-1-15(20-16)22-8-5-18-13-10-25(23,24)11-14(13)22/h1,4,12-14,18H,2-3,5-11,17H2/t13-,14+/m1/s1. The highest BCUT2D eigenvalue weighted by molar-refractivity contribution is 7.91. The molecule has 0 spiro atoms. The van der Waals surface area contributed by atoms with E-state index in [1.54, 1.807) is 6.20 Å². The Bertz CT molecular complexity index is 719. The van der Waals surface area contributed by atoms with Crippen LogP contribution in [0.1, 0.15) is 12.8 Å². The summed E-state index contributed by atoms with van der Waals surface area (Å²) in [6.45, 7) is 4.13. The number of aromatic nitrogens is 2. The average Bonchev–Trinajstić information content (AvgIpc) is 2.95. The van der Waals surface area contributed by atoms with Crippen LogP contribution in [0.15, 0.2) is 12.3 Å². The third-order valence-electron chi connectivity index (χ3n) is 5.64. The molecule has 0 saturated carbocycles. The lowest BCUT2D eigenvalue weighted by Gasteiger charge is -2.38. The Balaban J connectivity index is 1.53. The van der Waals surface area contributed by atoms with Gasteiger partial charge in [-0.25, -0.2) is 13.4 Å². The number of fused-ring (bicyclic) bond motifs is 1. The molecule has 3 aliphatic rings. The van der Waals surface area contributed by atoms with Crippen LogP contribution in [0, 0.1) is 5.92 Å². The van der Waals surface area contributed by atoms with Gasteiger partial charge in [-0.15, -0.1) is 0 Å². The second-order valence-corrected chi connectivity index (χ2v) is 9.43. The van der Waals surface area contributed by atoms with Crippen molar-refractivity contribution in [2.75, 3.05) is 54.0 Å². The van der Waals surface area contributed by atoms with E-state index >= 15 is 0 Å². The molecule has 0 aliphatic carbocycles. The molecule has 4 rings (SSSR count). The first-order chi connectivity index (χ1) is 12.1. The fraction of sp³-hybridized carbons (Fsp3) is 0.750. The van der Waals surface area contributed by atoms with Gasteiger partial charge in [0.15, 0.2) is 9.84 Å². The number of nitrogens with two attached hydrogens (primary N) is 1. The summed E-state index contributed by atoms with van der Waals surface area (Å²) in [6, 6.07) is 1.85. The number of sulfone groups is 1. The molecule has 0 aromatic carbocycles. The summed E-state index contributed by atoms with van der Waals surface area (Å²) in [6.07, 6.45) is 3.93. The minimum absolute atomic E-state index is 0.00235. The molecule has 3 fully saturated rings. The first-order valence-corrected chi connectivity index (χ1v) is 10.9. The molecule has 4 heterocycles. The predicted molar refractivity (Wildman–Crippen MR) is 97.6 cm³/mol. The van der Waals surface area contributed by atoms with Crippen LogP contribution in [0.3, 0.4) is 0 Å². The number of nitrogens with zero attached hydrogens (tertiary/aromatic N) is 4. The second kappa shape index (κ2) is 6.69. The lowest BCUT2D eigenvalue weighted by atomic mass is 9.97. The zero-order valence-electron chi connectivity index (χ0n) is 14.3. The molecule has 1 aromatic rings. The number of nitrogens with one attached hydrogen (secondary N) is 1. The number of rotatable bonds is 3. The van der Waals surface area contributed by atoms with E-state index in [-0.39, 0.29) is 23.6 Å². The van der Waals surface area contributed by atoms with Gasteiger partial charge in [-0.3, -0.25) is 0 Å². The minimum Gasteiger partial charge on any atom is -0.350 e. The van der Waals surface area contributed by atoms with Gasteiger partial charge in [0.1, 0.15) is 5.82 Å². The Morgan fingerprint density at radius 3 is 2.80 bits per heavy atom. The summed E-state index contributed by atoms with van der Waals surface area (Å²) in [5.41, 5.74) is 5.77. The van der Waals surface area contributed by atoms with E-state index in [0.717, 1.165) is 57.3 Å². The van der Waals surface area contributed by atoms with Crippen molar-refractivity contribution >= 4 is 21.6 Å². The molecular weight excluding hydrogens is 340 g/mol. The van der Waals surface area contributed by atoms with Crippen molar-refractivity contribution < 1.29 is 8.42 Å². The molecule has 138 valence electrons. The van der Waals surface area contributed by atoms with Gasteiger partial charge >= 0.3 is 0 Å². The monoisotopic (exact) mass is 366 g/mol. The fourth-order valence-electron chi connectivity index (χ4n) is 4.17. The van der Waals surface area contributed by atoms with Crippen LogP contribution in [0.2, 0.25) is 0 Å². The lowest BCUT2D eigenvalue weighted by molar-refractivity contribution is 0.409. The van der Waals surface area contributed by atoms with Gasteiger partial charge in [0.25, 0.3) is 0 Å². The Morgan fingerprint density at radius 1 is 1.24 bits per heavy atom. The summed E-state index contributed by atoms with van der Waals surface area (Å²) >= 11 is 0. The molecule has 9 heteroatoms. The smallest absolute Gasteiger partial charge is 0.227 e. The summed E-state index contributed by atoms with van der Waals surface area (Å²) < 4.78 is 24.1. The Morgan fingerprint density at radius 2 is 2.04 bits per heavy atom. The number of piperidine rings is 1. The number of anilines is 2. The molecule has 1 aromatic heterocycles. The third-order valence-corrected chi connectivity index (χ3v) is 7.35. The van der Waals surface area contributed by atoms with Gasteiger partial charge < -0.3 is 20.9 Å². The van der Waals surface area contributed by atoms with E-state index in [0.29, 0.717) is 5.92 Å². The van der Waals surface area contributed by atoms with E-state index < -0.39 is 9.84 Å². The van der Waals surface area contributed by atoms with E-state index in [4.69, 9.17) is 10.7 Å². The lowest BCUT2D eigenvalue weighted by Crippen LogP contribution is -2.57. The van der Waals surface area contributed by atoms with Crippen molar-refractivity contribution in [2.24, 2.45) is 11.7 Å². The molecule has 3 N–H and O–H groups in total. The van der Waals surface area contributed by atoms with Crippen LogP contribution in [0.4, 0.5) is 11.8 Å². The van der Waals surface area contributed by atoms with Gasteiger partial charge in [-0.1, -0.05) is 0 Å². The summed E-state index contributed by atoms with van der Waals surface area (Å²) in [5.74, 6) is 2.59. The Kier molecular flexibility index (Phi) is 4.55. The Hall–Kier alpha value is -1.45. The van der Waals surface area contributed by atoms with Crippen LogP contribution in [-0.2, 0) is 9.84 Å². The highest BCUT2D eigenvalue weighted by Gasteiger charge is 2.43. The van der Waals surface area contributed by atoms with Crippen LogP contribution in [-0.4, -0.2) is 74.7 Å². The van der Waals surface area contributed by atoms with Crippen LogP contribution >= 0.6 is 0 Å². The molecular formula is C16H26N6O2S. The van der Waals surface area contributed by atoms with E-state index in [2.05, 4.69) is 20.1 Å². The summed E-state index contributed by atoms with van der Waals surface area (Å²) in [5, 5.41) is 3.34. The van der Waals surface area contributed by atoms with Crippen molar-refractivity contribution in [2.45, 2.75) is 24.9 Å². The molecule has 8 nitrogen and oxygen atoms in total. The van der Waals surface area contributed by atoms with E-state index in [1.165, 1.54) is 0 Å². The minimum atomic E-state index is -2.98. The van der Waals surface area contributed by atoms with Gasteiger partial charge in [0, 0.05) is 38.4 Å². The first-order valence-electron chi connectivity index (χ1n) is 9.04. The summed E-state index contributed by atoms with van der Waals surface area (Å²) in [7, 11) is -2.98. The second-order valence-electron chi connectivity index (χ2n) is 7.28. The zero-order valence-corrected chi connectivity index (χ0v) is 15.2. The molecule has 3 aliphatic heterocycles. The quantitative estimate of drug-likeness (QED) is 0.718. The van der Waals surface area contributed by atoms with Gasteiger partial charge in [0.05, 0.1) is 17.5 Å². The van der Waals surface area contributed by atoms with Crippen molar-refractivity contribution in [3.05, 3.63) is 12.3 Å². The molecule has 0 radical (unpaired) electrons. The Labute approximate surface area is 148 Å². The van der Waals surface area contributed by atoms with Gasteiger partial charge in [-0.2, -0.15) is 4.98 Å². The largest absolute Gasteiger partial charge is 0.350 e. The average molecular weight is 366 g/mol. The van der Waals surface area contributed by atoms with Gasteiger partial charge in [0.2, 0.25) is 5.95 Å². The normalized spacial score (nSPS) is 29.6. The summed E-state index contributed by atoms with van der Waals surface area (Å²) in [4.78, 5) is 13.6. The topological polar surface area (TPSA) is 104 Å². The first kappa shape index (κ1) is 17.0. The third kappa shape index (κ3) is 3.45. The maximum atomic E-state index is 12.0. The molecule has 3 saturated heterocycles. The highest BCUT2D eigenvalue weighted by atomic mass is 32.2. The highest BCUT2D eigenvalue weighted by Crippen LogP contribution is 2.27. The predicted octanol–water partition coefficient (Wildman–Crippen LogP) is -0.773. The molecule has 25 heavy (non-hydrogen) atoms. The fourth-order valence-corrected chi connectivity index (χ4v) is 6.13. The van der Waals surface area contributed by atoms with Crippen LogP contribution in [0.25, 0.3) is 0 Å². The van der Waals surface area contributed by atoms with Crippen molar-refractivity contribution in [3.8, 4) is 0 Å². The molecule has 0 bridgehead atoms. The van der Waals surface area contributed by atoms with Crippen molar-refractivity contribution in [1.29, 1.82) is 0 Å². The number of hydrogen-bond acceptors (Lipinski definition) is 8. The van der Waals surface area contributed by atoms with Crippen LogP contribution < -0.4 is 20.9 Å². The SMILES string of the molecule is NCC1CCN(c2nccc(N3CCN[C@@H]4CS(=O)(=O)C[C@@H]43)n2)CC1. The van der Waals surface area contributed by atoms with Crippen LogP contribution in [0.5, 0.6) is 0 Å².